The minimum absolute atomic E-state index is 0.611. The van der Waals surface area contributed by atoms with Gasteiger partial charge in [-0.05, 0) is 13.8 Å². The summed E-state index contributed by atoms with van der Waals surface area (Å²) in [5.41, 5.74) is 4.73. The van der Waals surface area contributed by atoms with E-state index in [0.717, 1.165) is 0 Å². The lowest BCUT2D eigenvalue weighted by Crippen LogP contribution is -2.31. The van der Waals surface area contributed by atoms with Gasteiger partial charge in [0.15, 0.2) is 0 Å². The summed E-state index contributed by atoms with van der Waals surface area (Å²) in [4.78, 5) is 9.30. The Balaban J connectivity index is 2.53. The topological polar surface area (TPSA) is 42.5 Å². The Hall–Kier alpha value is -0.160. The Labute approximate surface area is 49.0 Å². The van der Waals surface area contributed by atoms with E-state index in [9.17, 15) is 0 Å². The molecule has 0 saturated heterocycles. The van der Waals surface area contributed by atoms with Crippen molar-refractivity contribution in [2.75, 3.05) is 13.2 Å². The molecule has 0 heterocycles. The molecule has 0 unspecified atom stereocenters. The Bertz CT molecular complexity index is 37.0. The van der Waals surface area contributed by atoms with Gasteiger partial charge >= 0.3 is 0 Å². The van der Waals surface area contributed by atoms with Crippen LogP contribution in [0.1, 0.15) is 13.8 Å². The van der Waals surface area contributed by atoms with Crippen molar-refractivity contribution in [1.82, 2.24) is 11.2 Å². The molecule has 4 nitrogen and oxygen atoms in total. The summed E-state index contributed by atoms with van der Waals surface area (Å²) in [6.45, 7) is 4.97. The minimum atomic E-state index is 0.611. The minimum Gasteiger partial charge on any atom is -0.285 e. The molecule has 50 valence electrons. The first-order valence-corrected chi connectivity index (χ1v) is 2.65. The van der Waals surface area contributed by atoms with Crippen LogP contribution < -0.4 is 11.2 Å². The van der Waals surface area contributed by atoms with E-state index >= 15 is 0 Å². The molecule has 4 heteroatoms. The molecule has 0 spiro atoms. The largest absolute Gasteiger partial charge is 0.285 e. The fourth-order valence-corrected chi connectivity index (χ4v) is 0.203. The van der Waals surface area contributed by atoms with E-state index in [-0.39, 0.29) is 0 Å². The van der Waals surface area contributed by atoms with Crippen LogP contribution in [0.15, 0.2) is 0 Å². The van der Waals surface area contributed by atoms with Crippen molar-refractivity contribution in [3.05, 3.63) is 0 Å². The number of nitrogens with one attached hydrogen (secondary N) is 2. The van der Waals surface area contributed by atoms with Crippen LogP contribution in [0, 0.1) is 0 Å². The lowest BCUT2D eigenvalue weighted by molar-refractivity contribution is -0.102. The van der Waals surface area contributed by atoms with E-state index in [2.05, 4.69) is 20.9 Å². The highest BCUT2D eigenvalue weighted by Crippen LogP contribution is 1.60. The average Bonchev–Trinajstić information content (AvgIpc) is 1.81. The van der Waals surface area contributed by atoms with Crippen molar-refractivity contribution in [2.45, 2.75) is 13.8 Å². The van der Waals surface area contributed by atoms with Crippen LogP contribution in [0.5, 0.6) is 0 Å². The number of hydrogen-bond donors (Lipinski definition) is 2. The van der Waals surface area contributed by atoms with Crippen molar-refractivity contribution >= 4 is 0 Å². The standard InChI is InChI=1S/C4H12N2O2/c1-3-7-5-6-8-4-2/h5-6H,3-4H2,1-2H3. The summed E-state index contributed by atoms with van der Waals surface area (Å²) in [6.07, 6.45) is 0. The van der Waals surface area contributed by atoms with Gasteiger partial charge in [-0.1, -0.05) is 0 Å². The molecular weight excluding hydrogens is 108 g/mol. The fourth-order valence-electron chi connectivity index (χ4n) is 0.203. The highest BCUT2D eigenvalue weighted by Gasteiger charge is 1.76. The van der Waals surface area contributed by atoms with Gasteiger partial charge in [0.25, 0.3) is 0 Å². The maximum Gasteiger partial charge on any atom is 0.0671 e. The first kappa shape index (κ1) is 7.84. The SMILES string of the molecule is CCONNOCC. The first-order valence-electron chi connectivity index (χ1n) is 2.65. The normalized spacial score (nSPS) is 9.75. The van der Waals surface area contributed by atoms with E-state index in [0.29, 0.717) is 13.2 Å². The van der Waals surface area contributed by atoms with E-state index in [1.807, 2.05) is 13.8 Å². The van der Waals surface area contributed by atoms with Gasteiger partial charge in [-0.25, -0.2) is 0 Å². The molecule has 0 fully saturated rings. The number of hydrazine groups is 1. The van der Waals surface area contributed by atoms with Gasteiger partial charge in [0.2, 0.25) is 0 Å². The smallest absolute Gasteiger partial charge is 0.0671 e. The highest BCUT2D eigenvalue weighted by molar-refractivity contribution is 4.01. The summed E-state index contributed by atoms with van der Waals surface area (Å²) < 4.78 is 0. The van der Waals surface area contributed by atoms with Crippen molar-refractivity contribution in [1.29, 1.82) is 0 Å². The first-order chi connectivity index (χ1) is 3.91. The molecule has 0 radical (unpaired) electrons. The zero-order valence-corrected chi connectivity index (χ0v) is 5.23. The third-order valence-corrected chi connectivity index (χ3v) is 0.475. The van der Waals surface area contributed by atoms with Crippen molar-refractivity contribution in [2.24, 2.45) is 0 Å². The Morgan fingerprint density at radius 3 is 1.62 bits per heavy atom. The van der Waals surface area contributed by atoms with Crippen molar-refractivity contribution in [3.8, 4) is 0 Å². The van der Waals surface area contributed by atoms with E-state index in [1.54, 1.807) is 0 Å². The van der Waals surface area contributed by atoms with Crippen LogP contribution in [0.4, 0.5) is 0 Å². The molecule has 0 bridgehead atoms. The molecule has 0 aromatic rings. The third kappa shape index (κ3) is 5.84. The van der Waals surface area contributed by atoms with Gasteiger partial charge in [0.1, 0.15) is 0 Å². The predicted octanol–water partition coefficient (Wildman–Crippen LogP) is -0.0164. The molecule has 0 aliphatic carbocycles. The monoisotopic (exact) mass is 120 g/mol. The summed E-state index contributed by atoms with van der Waals surface area (Å²) in [5, 5.41) is 0. The van der Waals surface area contributed by atoms with E-state index in [4.69, 9.17) is 0 Å². The second kappa shape index (κ2) is 6.84. The van der Waals surface area contributed by atoms with Crippen molar-refractivity contribution in [3.63, 3.8) is 0 Å². The summed E-state index contributed by atoms with van der Waals surface area (Å²) in [7, 11) is 0. The molecule has 8 heavy (non-hydrogen) atoms. The van der Waals surface area contributed by atoms with Crippen LogP contribution in [0.3, 0.4) is 0 Å². The van der Waals surface area contributed by atoms with E-state index in [1.165, 1.54) is 0 Å². The van der Waals surface area contributed by atoms with Crippen LogP contribution in [-0.4, -0.2) is 13.2 Å². The van der Waals surface area contributed by atoms with Gasteiger partial charge in [0, 0.05) is 0 Å². The molecule has 0 aromatic heterocycles. The molecule has 0 atom stereocenters. The van der Waals surface area contributed by atoms with Crippen LogP contribution in [-0.2, 0) is 9.68 Å². The molecule has 0 aliphatic rings. The van der Waals surface area contributed by atoms with Gasteiger partial charge in [-0.15, -0.1) is 11.2 Å². The Morgan fingerprint density at radius 2 is 1.38 bits per heavy atom. The quantitative estimate of drug-likeness (QED) is 0.395. The Kier molecular flexibility index (Phi) is 6.70. The van der Waals surface area contributed by atoms with Crippen LogP contribution >= 0.6 is 0 Å². The zero-order chi connectivity index (χ0) is 6.24. The van der Waals surface area contributed by atoms with Gasteiger partial charge < -0.3 is 0 Å². The molecule has 2 N–H and O–H groups in total. The average molecular weight is 120 g/mol. The maximum absolute atomic E-state index is 4.65. The van der Waals surface area contributed by atoms with Crippen molar-refractivity contribution < 1.29 is 9.68 Å². The third-order valence-electron chi connectivity index (χ3n) is 0.475. The summed E-state index contributed by atoms with van der Waals surface area (Å²) in [5.74, 6) is 0. The molecule has 0 amide bonds. The predicted molar refractivity (Wildman–Crippen MR) is 29.5 cm³/mol. The Morgan fingerprint density at radius 1 is 1.00 bits per heavy atom. The van der Waals surface area contributed by atoms with Crippen LogP contribution in [0.25, 0.3) is 0 Å². The maximum atomic E-state index is 4.65. The molecular formula is C4H12N2O2. The fraction of sp³-hybridized carbons (Fsp3) is 1.00. The van der Waals surface area contributed by atoms with Crippen LogP contribution in [0.2, 0.25) is 0 Å². The summed E-state index contributed by atoms with van der Waals surface area (Å²) >= 11 is 0. The molecule has 0 aliphatic heterocycles. The highest BCUT2D eigenvalue weighted by atomic mass is 16.8. The molecule has 0 saturated carbocycles. The van der Waals surface area contributed by atoms with Gasteiger partial charge in [-0.2, -0.15) is 0 Å². The number of rotatable bonds is 5. The lowest BCUT2D eigenvalue weighted by Gasteiger charge is -2.02. The zero-order valence-electron chi connectivity index (χ0n) is 5.23. The number of hydrogen-bond acceptors (Lipinski definition) is 4. The summed E-state index contributed by atoms with van der Waals surface area (Å²) in [6, 6.07) is 0. The van der Waals surface area contributed by atoms with E-state index < -0.39 is 0 Å². The second-order valence-corrected chi connectivity index (χ2v) is 1.07. The molecule has 0 aromatic carbocycles. The van der Waals surface area contributed by atoms with Gasteiger partial charge in [0.05, 0.1) is 13.2 Å². The van der Waals surface area contributed by atoms with Gasteiger partial charge in [-0.3, -0.25) is 9.68 Å². The second-order valence-electron chi connectivity index (χ2n) is 1.07. The lowest BCUT2D eigenvalue weighted by atomic mass is 10.9. The molecule has 0 rings (SSSR count).